The molecule has 0 fully saturated rings. The summed E-state index contributed by atoms with van der Waals surface area (Å²) in [6.07, 6.45) is 0. The zero-order valence-corrected chi connectivity index (χ0v) is 14.2. The van der Waals surface area contributed by atoms with Crippen molar-refractivity contribution in [1.29, 1.82) is 0 Å². The average molecular weight is 281 g/mol. The highest BCUT2D eigenvalue weighted by Gasteiger charge is 2.18. The first-order valence-electron chi connectivity index (χ1n) is 8.56. The molecule has 0 saturated carbocycles. The highest BCUT2D eigenvalue weighted by molar-refractivity contribution is 5.73. The molecule has 0 heteroatoms. The minimum absolute atomic E-state index is 0.450. The van der Waals surface area contributed by atoms with Crippen LogP contribution in [0.25, 0.3) is 11.1 Å². The van der Waals surface area contributed by atoms with E-state index in [1.54, 1.807) is 0 Å². The third-order valence-corrected chi connectivity index (χ3v) is 4.11. The predicted molar refractivity (Wildman–Crippen MR) is 94.1 cm³/mol. The molecule has 0 saturated heterocycles. The topological polar surface area (TPSA) is 0 Å². The SMILES string of the molecule is [2H]c1ccccc1-c1c(C(C)C)cc(C(C)C)cc1C(C)C. The van der Waals surface area contributed by atoms with E-state index in [1.807, 2.05) is 18.2 Å². The molecule has 0 N–H and O–H groups in total. The van der Waals surface area contributed by atoms with Crippen LogP contribution in [-0.2, 0) is 0 Å². The van der Waals surface area contributed by atoms with E-state index in [2.05, 4.69) is 59.7 Å². The molecule has 0 aliphatic carbocycles. The summed E-state index contributed by atoms with van der Waals surface area (Å²) in [5.74, 6) is 1.42. The summed E-state index contributed by atoms with van der Waals surface area (Å²) in [7, 11) is 0. The summed E-state index contributed by atoms with van der Waals surface area (Å²) in [4.78, 5) is 0. The van der Waals surface area contributed by atoms with Crippen LogP contribution < -0.4 is 0 Å². The summed E-state index contributed by atoms with van der Waals surface area (Å²) in [5, 5.41) is 0. The van der Waals surface area contributed by atoms with Crippen molar-refractivity contribution >= 4 is 0 Å². The maximum atomic E-state index is 8.32. The van der Waals surface area contributed by atoms with Crippen LogP contribution in [0.5, 0.6) is 0 Å². The number of hydrogen-bond donors (Lipinski definition) is 0. The van der Waals surface area contributed by atoms with Gasteiger partial charge in [0.1, 0.15) is 0 Å². The summed E-state index contributed by atoms with van der Waals surface area (Å²) >= 11 is 0. The van der Waals surface area contributed by atoms with E-state index in [4.69, 9.17) is 1.37 Å². The Morgan fingerprint density at radius 1 is 0.762 bits per heavy atom. The summed E-state index contributed by atoms with van der Waals surface area (Å²) in [6, 6.07) is 13.3. The van der Waals surface area contributed by atoms with Crippen LogP contribution in [0, 0.1) is 0 Å². The molecule has 2 rings (SSSR count). The standard InChI is InChI=1S/C21H28/c1-14(2)18-12-19(15(3)4)21(20(13-18)16(5)6)17-10-8-7-9-11-17/h7-16H,1-6H3/i10D. The smallest absolute Gasteiger partial charge is 0.0622 e. The van der Waals surface area contributed by atoms with E-state index in [0.29, 0.717) is 23.8 Å². The molecule has 0 bridgehead atoms. The molecule has 2 aromatic rings. The van der Waals surface area contributed by atoms with Crippen molar-refractivity contribution in [2.75, 3.05) is 0 Å². The van der Waals surface area contributed by atoms with Crippen LogP contribution in [0.15, 0.2) is 42.4 Å². The molecule has 2 aromatic carbocycles. The molecule has 21 heavy (non-hydrogen) atoms. The fourth-order valence-corrected chi connectivity index (χ4v) is 2.82. The van der Waals surface area contributed by atoms with Crippen molar-refractivity contribution in [3.8, 4) is 11.1 Å². The Morgan fingerprint density at radius 2 is 1.33 bits per heavy atom. The Balaban J connectivity index is 2.83. The Labute approximate surface area is 131 Å². The molecule has 0 nitrogen and oxygen atoms in total. The van der Waals surface area contributed by atoms with E-state index in [1.165, 1.54) is 22.3 Å². The van der Waals surface area contributed by atoms with Gasteiger partial charge in [-0.05, 0) is 45.6 Å². The van der Waals surface area contributed by atoms with E-state index in [9.17, 15) is 0 Å². The minimum Gasteiger partial charge on any atom is -0.0622 e. The molecular weight excluding hydrogens is 252 g/mol. The average Bonchev–Trinajstić information content (AvgIpc) is 2.46. The maximum Gasteiger partial charge on any atom is 0.0629 e. The third kappa shape index (κ3) is 3.37. The van der Waals surface area contributed by atoms with Crippen molar-refractivity contribution in [2.24, 2.45) is 0 Å². The molecule has 0 aromatic heterocycles. The first-order chi connectivity index (χ1) is 10.3. The molecule has 0 radical (unpaired) electrons. The first-order valence-corrected chi connectivity index (χ1v) is 8.06. The molecular formula is C21H28. The van der Waals surface area contributed by atoms with Gasteiger partial charge in [0.2, 0.25) is 0 Å². The van der Waals surface area contributed by atoms with Crippen molar-refractivity contribution < 1.29 is 1.37 Å². The van der Waals surface area contributed by atoms with E-state index in [0.717, 1.165) is 5.56 Å². The molecule has 0 spiro atoms. The lowest BCUT2D eigenvalue weighted by molar-refractivity contribution is 0.807. The van der Waals surface area contributed by atoms with E-state index < -0.39 is 0 Å². The summed E-state index contributed by atoms with van der Waals surface area (Å²) in [6.45, 7) is 13.5. The second kappa shape index (κ2) is 6.47. The van der Waals surface area contributed by atoms with Crippen LogP contribution in [-0.4, -0.2) is 0 Å². The van der Waals surface area contributed by atoms with Gasteiger partial charge in [-0.2, -0.15) is 0 Å². The zero-order chi connectivity index (χ0) is 16.4. The lowest BCUT2D eigenvalue weighted by atomic mass is 9.82. The van der Waals surface area contributed by atoms with Gasteiger partial charge < -0.3 is 0 Å². The lowest BCUT2D eigenvalue weighted by Gasteiger charge is -2.23. The highest BCUT2D eigenvalue weighted by Crippen LogP contribution is 2.38. The monoisotopic (exact) mass is 281 g/mol. The highest BCUT2D eigenvalue weighted by atomic mass is 14.2. The quantitative estimate of drug-likeness (QED) is 0.583. The second-order valence-corrected chi connectivity index (χ2v) is 6.81. The minimum atomic E-state index is 0.450. The summed E-state index contributed by atoms with van der Waals surface area (Å²) < 4.78 is 8.32. The van der Waals surface area contributed by atoms with Gasteiger partial charge in [0.05, 0.1) is 1.37 Å². The zero-order valence-electron chi connectivity index (χ0n) is 15.2. The van der Waals surface area contributed by atoms with E-state index >= 15 is 0 Å². The fraction of sp³-hybridized carbons (Fsp3) is 0.429. The van der Waals surface area contributed by atoms with Crippen molar-refractivity contribution in [3.05, 3.63) is 59.1 Å². The van der Waals surface area contributed by atoms with Crippen molar-refractivity contribution in [3.63, 3.8) is 0 Å². The van der Waals surface area contributed by atoms with Crippen molar-refractivity contribution in [2.45, 2.75) is 59.3 Å². The van der Waals surface area contributed by atoms with Gasteiger partial charge >= 0.3 is 0 Å². The predicted octanol–water partition coefficient (Wildman–Crippen LogP) is 6.72. The van der Waals surface area contributed by atoms with E-state index in [-0.39, 0.29) is 0 Å². The maximum absolute atomic E-state index is 8.32. The molecule has 0 heterocycles. The van der Waals surface area contributed by atoms with Gasteiger partial charge in [0, 0.05) is 0 Å². The molecule has 0 aliphatic rings. The second-order valence-electron chi connectivity index (χ2n) is 6.81. The third-order valence-electron chi connectivity index (χ3n) is 4.11. The Kier molecular flexibility index (Phi) is 4.43. The van der Waals surface area contributed by atoms with Gasteiger partial charge in [-0.3, -0.25) is 0 Å². The first kappa shape index (κ1) is 14.4. The molecule has 0 unspecified atom stereocenters. The van der Waals surface area contributed by atoms with Crippen molar-refractivity contribution in [1.82, 2.24) is 0 Å². The van der Waals surface area contributed by atoms with Crippen LogP contribution >= 0.6 is 0 Å². The number of benzene rings is 2. The van der Waals surface area contributed by atoms with Crippen LogP contribution in [0.1, 0.15) is 77.4 Å². The van der Waals surface area contributed by atoms with Gasteiger partial charge in [0.15, 0.2) is 0 Å². The molecule has 0 atom stereocenters. The largest absolute Gasteiger partial charge is 0.0629 e. The summed E-state index contributed by atoms with van der Waals surface area (Å²) in [5.41, 5.74) is 6.48. The Hall–Kier alpha value is -1.56. The van der Waals surface area contributed by atoms with Gasteiger partial charge in [-0.1, -0.05) is 84.0 Å². The Bertz CT molecular complexity index is 622. The van der Waals surface area contributed by atoms with Crippen LogP contribution in [0.4, 0.5) is 0 Å². The van der Waals surface area contributed by atoms with Crippen LogP contribution in [0.3, 0.4) is 0 Å². The van der Waals surface area contributed by atoms with Gasteiger partial charge in [-0.25, -0.2) is 0 Å². The lowest BCUT2D eigenvalue weighted by Crippen LogP contribution is -2.03. The number of hydrogen-bond acceptors (Lipinski definition) is 0. The van der Waals surface area contributed by atoms with Gasteiger partial charge in [-0.15, -0.1) is 0 Å². The molecule has 0 amide bonds. The molecule has 112 valence electrons. The normalized spacial score (nSPS) is 12.3. The van der Waals surface area contributed by atoms with Crippen LogP contribution in [0.2, 0.25) is 0 Å². The number of rotatable bonds is 4. The fourth-order valence-electron chi connectivity index (χ4n) is 2.82. The van der Waals surface area contributed by atoms with Gasteiger partial charge in [0.25, 0.3) is 0 Å². The molecule has 0 aliphatic heterocycles. The Morgan fingerprint density at radius 3 is 1.76 bits per heavy atom.